The van der Waals surface area contributed by atoms with Gasteiger partial charge in [0.05, 0.1) is 0 Å². The van der Waals surface area contributed by atoms with Crippen LogP contribution in [0.15, 0.2) is 104 Å². The second-order valence-electron chi connectivity index (χ2n) is 5.81. The van der Waals surface area contributed by atoms with Crippen LogP contribution >= 0.6 is 0 Å². The van der Waals surface area contributed by atoms with E-state index in [0.717, 1.165) is 22.6 Å². The minimum absolute atomic E-state index is 0. The Morgan fingerprint density at radius 3 is 1.86 bits per heavy atom. The maximum atomic E-state index is 4.22. The van der Waals surface area contributed by atoms with E-state index in [0.29, 0.717) is 0 Å². The van der Waals surface area contributed by atoms with Gasteiger partial charge in [0.15, 0.2) is 0 Å². The van der Waals surface area contributed by atoms with Crippen LogP contribution in [0, 0.1) is 12.1 Å². The Balaban J connectivity index is 0.000000167. The first-order valence-electron chi connectivity index (χ1n) is 8.81. The van der Waals surface area contributed by atoms with Crippen LogP contribution < -0.4 is 0 Å². The topological polar surface area (TPSA) is 48.5 Å². The van der Waals surface area contributed by atoms with Crippen molar-refractivity contribution in [2.75, 3.05) is 0 Å². The van der Waals surface area contributed by atoms with Crippen molar-refractivity contribution in [3.8, 4) is 22.6 Å². The summed E-state index contributed by atoms with van der Waals surface area (Å²) < 4.78 is 3.54. The van der Waals surface area contributed by atoms with E-state index < -0.39 is 0 Å². The number of pyridine rings is 1. The number of benzene rings is 2. The second-order valence-corrected chi connectivity index (χ2v) is 5.81. The van der Waals surface area contributed by atoms with Crippen molar-refractivity contribution in [2.45, 2.75) is 0 Å². The second kappa shape index (κ2) is 10.3. The van der Waals surface area contributed by atoms with E-state index in [1.807, 2.05) is 85.2 Å². The molecule has 0 N–H and O–H groups in total. The van der Waals surface area contributed by atoms with Crippen molar-refractivity contribution in [3.63, 3.8) is 0 Å². The number of rotatable bonds is 3. The third kappa shape index (κ3) is 5.35. The molecule has 3 heterocycles. The molecular weight excluding hydrogens is 539 g/mol. The van der Waals surface area contributed by atoms with E-state index in [-0.39, 0.29) is 20.1 Å². The van der Waals surface area contributed by atoms with Gasteiger partial charge in [-0.05, 0) is 35.3 Å². The van der Waals surface area contributed by atoms with E-state index in [1.54, 1.807) is 28.0 Å². The molecule has 0 bridgehead atoms. The Hall–Kier alpha value is -3.34. The number of hydrogen-bond acceptors (Lipinski definition) is 3. The van der Waals surface area contributed by atoms with Gasteiger partial charge in [0.2, 0.25) is 0 Å². The van der Waals surface area contributed by atoms with Crippen LogP contribution in [0.2, 0.25) is 0 Å². The maximum absolute atomic E-state index is 4.22. The monoisotopic (exact) mass is 557 g/mol. The van der Waals surface area contributed by atoms with Crippen molar-refractivity contribution < 1.29 is 20.1 Å². The molecule has 0 saturated carbocycles. The molecule has 29 heavy (non-hydrogen) atoms. The van der Waals surface area contributed by atoms with Crippen molar-refractivity contribution in [2.24, 2.45) is 0 Å². The van der Waals surface area contributed by atoms with Crippen LogP contribution in [-0.4, -0.2) is 24.5 Å². The predicted octanol–water partition coefficient (Wildman–Crippen LogP) is 4.14. The molecule has 0 aliphatic rings. The van der Waals surface area contributed by atoms with Gasteiger partial charge in [0, 0.05) is 31.0 Å². The molecule has 5 aromatic rings. The third-order valence-electron chi connectivity index (χ3n) is 3.92. The predicted molar refractivity (Wildman–Crippen MR) is 109 cm³/mol. The molecular formula is C23H18IrN5. The fraction of sp³-hybridized carbons (Fsp3) is 0. The van der Waals surface area contributed by atoms with Crippen molar-refractivity contribution >= 4 is 0 Å². The summed E-state index contributed by atoms with van der Waals surface area (Å²) in [5, 5.41) is 8.33. The smallest absolute Gasteiger partial charge is 0.0493 e. The number of aromatic nitrogens is 5. The van der Waals surface area contributed by atoms with Crippen LogP contribution in [-0.2, 0) is 20.1 Å². The first-order chi connectivity index (χ1) is 13.9. The molecule has 144 valence electrons. The van der Waals surface area contributed by atoms with Crippen molar-refractivity contribution in [1.29, 1.82) is 0 Å². The summed E-state index contributed by atoms with van der Waals surface area (Å²) in [5.74, 6) is 0. The van der Waals surface area contributed by atoms with Gasteiger partial charge in [0.25, 0.3) is 0 Å². The maximum Gasteiger partial charge on any atom is 0.0493 e. The summed E-state index contributed by atoms with van der Waals surface area (Å²) in [6, 6.07) is 29.7. The van der Waals surface area contributed by atoms with Gasteiger partial charge >= 0.3 is 20.1 Å². The van der Waals surface area contributed by atoms with Crippen LogP contribution in [0.3, 0.4) is 0 Å². The Morgan fingerprint density at radius 2 is 1.34 bits per heavy atom. The summed E-state index contributed by atoms with van der Waals surface area (Å²) >= 11 is 0. The molecule has 3 aromatic heterocycles. The molecule has 2 aromatic carbocycles. The molecule has 0 aliphatic heterocycles. The summed E-state index contributed by atoms with van der Waals surface area (Å²) in [6.07, 6.45) is 9.05. The molecule has 0 aliphatic carbocycles. The zero-order valence-corrected chi connectivity index (χ0v) is 17.9. The molecule has 0 amide bonds. The largest absolute Gasteiger partial charge is 0.305 e. The summed E-state index contributed by atoms with van der Waals surface area (Å²) in [4.78, 5) is 4.22. The summed E-state index contributed by atoms with van der Waals surface area (Å²) in [5.41, 5.74) is 3.81. The molecule has 0 saturated heterocycles. The first kappa shape index (κ1) is 20.4. The van der Waals surface area contributed by atoms with E-state index >= 15 is 0 Å². The zero-order chi connectivity index (χ0) is 19.0. The van der Waals surface area contributed by atoms with E-state index in [9.17, 15) is 0 Å². The minimum atomic E-state index is 0. The van der Waals surface area contributed by atoms with E-state index in [1.165, 1.54) is 0 Å². The summed E-state index contributed by atoms with van der Waals surface area (Å²) in [6.45, 7) is 0. The van der Waals surface area contributed by atoms with Gasteiger partial charge in [-0.1, -0.05) is 12.1 Å². The molecule has 5 rings (SSSR count). The molecule has 0 fully saturated rings. The van der Waals surface area contributed by atoms with Gasteiger partial charge in [-0.2, -0.15) is 16.3 Å². The minimum Gasteiger partial charge on any atom is -0.305 e. The molecule has 0 spiro atoms. The van der Waals surface area contributed by atoms with Gasteiger partial charge in [-0.3, -0.25) is 9.36 Å². The third-order valence-corrected chi connectivity index (χ3v) is 3.92. The molecule has 1 radical (unpaired) electrons. The average Bonchev–Trinajstić information content (AvgIpc) is 3.50. The molecule has 0 unspecified atom stereocenters. The SMILES string of the molecule is [IrH+2].[c-]1c(-n2cccn2)cccc1-n1cccn1.[c-]1ccccc1-c1ccccn1. The normalized spacial score (nSPS) is 9.79. The number of hydrogen-bond donors (Lipinski definition) is 0. The first-order valence-corrected chi connectivity index (χ1v) is 8.81. The van der Waals surface area contributed by atoms with Crippen LogP contribution in [0.5, 0.6) is 0 Å². The van der Waals surface area contributed by atoms with Crippen molar-refractivity contribution in [1.82, 2.24) is 24.5 Å². The summed E-state index contributed by atoms with van der Waals surface area (Å²) in [7, 11) is 0. The van der Waals surface area contributed by atoms with Gasteiger partial charge in [0.1, 0.15) is 0 Å². The van der Waals surface area contributed by atoms with Gasteiger partial charge in [-0.25, -0.2) is 0 Å². The Kier molecular flexibility index (Phi) is 7.22. The Morgan fingerprint density at radius 1 is 0.655 bits per heavy atom. The van der Waals surface area contributed by atoms with Crippen LogP contribution in [0.4, 0.5) is 0 Å². The average molecular weight is 557 g/mol. The Bertz CT molecular complexity index is 1010. The molecule has 5 nitrogen and oxygen atoms in total. The van der Waals surface area contributed by atoms with Crippen molar-refractivity contribution in [3.05, 3.63) is 116 Å². The Labute approximate surface area is 183 Å². The standard InChI is InChI=1S/C12H9N4.C11H8N.Ir.H/c1-4-11(15-8-2-6-13-15)10-12(5-1)16-9-3-7-14-16;1-2-6-10(7-3-1)11-8-4-5-9-12-11;;/h1-9H;1-6,8-9H;;/q2*-1;+2;. The fourth-order valence-corrected chi connectivity index (χ4v) is 2.61. The molecule has 0 atom stereocenters. The molecule has 6 heteroatoms. The fourth-order valence-electron chi connectivity index (χ4n) is 2.61. The number of nitrogens with zero attached hydrogens (tertiary/aromatic N) is 5. The van der Waals surface area contributed by atoms with Gasteiger partial charge in [-0.15, -0.1) is 54.1 Å². The zero-order valence-electron chi connectivity index (χ0n) is 15.4. The van der Waals surface area contributed by atoms with E-state index in [4.69, 9.17) is 0 Å². The van der Waals surface area contributed by atoms with Crippen LogP contribution in [0.25, 0.3) is 22.6 Å². The van der Waals surface area contributed by atoms with Crippen LogP contribution in [0.1, 0.15) is 0 Å². The quantitative estimate of drug-likeness (QED) is 0.314. The van der Waals surface area contributed by atoms with Gasteiger partial charge < -0.3 is 4.98 Å². The van der Waals surface area contributed by atoms with E-state index in [2.05, 4.69) is 27.3 Å².